The Hall–Kier alpha value is -3.38. The van der Waals surface area contributed by atoms with Crippen molar-refractivity contribution in [1.29, 1.82) is 0 Å². The molecule has 0 aliphatic heterocycles. The summed E-state index contributed by atoms with van der Waals surface area (Å²) in [6, 6.07) is 16.1. The van der Waals surface area contributed by atoms with E-state index in [2.05, 4.69) is 5.32 Å². The van der Waals surface area contributed by atoms with Crippen molar-refractivity contribution in [2.45, 2.75) is 0 Å². The maximum absolute atomic E-state index is 12.5. The molecule has 0 saturated heterocycles. The van der Waals surface area contributed by atoms with Gasteiger partial charge in [-0.25, -0.2) is 4.79 Å². The maximum atomic E-state index is 12.5. The van der Waals surface area contributed by atoms with Crippen LogP contribution in [0.2, 0.25) is 0 Å². The molecule has 26 heavy (non-hydrogen) atoms. The highest BCUT2D eigenvalue weighted by Gasteiger charge is 2.10. The number of amides is 1. The second-order valence-electron chi connectivity index (χ2n) is 5.53. The van der Waals surface area contributed by atoms with Gasteiger partial charge in [-0.3, -0.25) is 4.79 Å². The highest BCUT2D eigenvalue weighted by molar-refractivity contribution is 7.13. The van der Waals surface area contributed by atoms with Gasteiger partial charge < -0.3 is 16.2 Å². The largest absolute Gasteiger partial charge is 0.478 e. The molecule has 4 N–H and O–H groups in total. The number of hydrogen-bond acceptors (Lipinski definition) is 4. The molecule has 3 rings (SSSR count). The summed E-state index contributed by atoms with van der Waals surface area (Å²) in [5, 5.41) is 13.5. The zero-order chi connectivity index (χ0) is 18.5. The van der Waals surface area contributed by atoms with Gasteiger partial charge in [0.15, 0.2) is 0 Å². The second-order valence-corrected chi connectivity index (χ2v) is 6.47. The third kappa shape index (κ3) is 4.17. The molecule has 1 heterocycles. The zero-order valence-electron chi connectivity index (χ0n) is 13.7. The normalized spacial score (nSPS) is 10.8. The van der Waals surface area contributed by atoms with Crippen LogP contribution in [0.15, 0.2) is 66.1 Å². The Morgan fingerprint density at radius 1 is 1.08 bits per heavy atom. The summed E-state index contributed by atoms with van der Waals surface area (Å²) in [5.74, 6) is -1.30. The van der Waals surface area contributed by atoms with E-state index in [0.29, 0.717) is 22.5 Å². The first kappa shape index (κ1) is 17.4. The van der Waals surface area contributed by atoms with Gasteiger partial charge in [-0.1, -0.05) is 24.3 Å². The van der Waals surface area contributed by atoms with Gasteiger partial charge in [-0.15, -0.1) is 11.3 Å². The van der Waals surface area contributed by atoms with Crippen molar-refractivity contribution < 1.29 is 14.7 Å². The lowest BCUT2D eigenvalue weighted by molar-refractivity contribution is -0.131. The number of hydrogen-bond donors (Lipinski definition) is 3. The lowest BCUT2D eigenvalue weighted by Gasteiger charge is -2.10. The highest BCUT2D eigenvalue weighted by Crippen LogP contribution is 2.30. The Morgan fingerprint density at radius 3 is 2.50 bits per heavy atom. The van der Waals surface area contributed by atoms with Crippen molar-refractivity contribution in [2.24, 2.45) is 0 Å². The third-order valence-corrected chi connectivity index (χ3v) is 4.62. The predicted molar refractivity (Wildman–Crippen MR) is 105 cm³/mol. The molecule has 1 aromatic heterocycles. The van der Waals surface area contributed by atoms with Gasteiger partial charge in [-0.2, -0.15) is 0 Å². The van der Waals surface area contributed by atoms with Crippen molar-refractivity contribution in [1.82, 2.24) is 0 Å². The minimum atomic E-state index is -1.02. The molecule has 1 amide bonds. The van der Waals surface area contributed by atoms with Gasteiger partial charge >= 0.3 is 5.97 Å². The fourth-order valence-electron chi connectivity index (χ4n) is 2.37. The van der Waals surface area contributed by atoms with Crippen molar-refractivity contribution in [2.75, 3.05) is 11.1 Å². The number of carbonyl (C=O) groups excluding carboxylic acids is 1. The van der Waals surface area contributed by atoms with E-state index in [4.69, 9.17) is 10.8 Å². The number of nitrogens with two attached hydrogens (primary N) is 1. The van der Waals surface area contributed by atoms with Gasteiger partial charge in [0.25, 0.3) is 5.91 Å². The number of carboxylic acids is 1. The van der Waals surface area contributed by atoms with Crippen LogP contribution in [-0.4, -0.2) is 17.0 Å². The first-order valence-electron chi connectivity index (χ1n) is 7.79. The Bertz CT molecular complexity index is 961. The van der Waals surface area contributed by atoms with E-state index in [9.17, 15) is 9.59 Å². The van der Waals surface area contributed by atoms with Gasteiger partial charge in [0.05, 0.1) is 11.4 Å². The van der Waals surface area contributed by atoms with E-state index in [0.717, 1.165) is 16.5 Å². The zero-order valence-corrected chi connectivity index (χ0v) is 14.5. The van der Waals surface area contributed by atoms with Gasteiger partial charge in [0.1, 0.15) is 0 Å². The Kier molecular flexibility index (Phi) is 5.15. The molecule has 0 unspecified atom stereocenters. The van der Waals surface area contributed by atoms with E-state index in [1.165, 1.54) is 6.08 Å². The molecule has 0 fully saturated rings. The molecule has 0 bridgehead atoms. The predicted octanol–water partition coefficient (Wildman–Crippen LogP) is 4.35. The summed E-state index contributed by atoms with van der Waals surface area (Å²) >= 11 is 1.61. The first-order valence-corrected chi connectivity index (χ1v) is 8.67. The summed E-state index contributed by atoms with van der Waals surface area (Å²) in [5.41, 5.74) is 9.16. The Morgan fingerprint density at radius 2 is 1.85 bits per heavy atom. The standard InChI is InChI=1S/C20H16N2O3S/c21-16-9-8-15(18-2-1-11-26-18)12-17(16)22-20(25)14-6-3-13(4-7-14)5-10-19(23)24/h1-12H,21H2,(H,22,25)(H,23,24)/b10-5+. The van der Waals surface area contributed by atoms with E-state index < -0.39 is 5.97 Å². The molecule has 0 atom stereocenters. The van der Waals surface area contributed by atoms with E-state index in [1.807, 2.05) is 29.6 Å². The smallest absolute Gasteiger partial charge is 0.328 e. The fourth-order valence-corrected chi connectivity index (χ4v) is 3.09. The average Bonchev–Trinajstić information content (AvgIpc) is 3.17. The van der Waals surface area contributed by atoms with Crippen molar-refractivity contribution in [3.05, 3.63) is 77.2 Å². The Labute approximate surface area is 154 Å². The van der Waals surface area contributed by atoms with Crippen LogP contribution in [0.5, 0.6) is 0 Å². The van der Waals surface area contributed by atoms with Crippen LogP contribution >= 0.6 is 11.3 Å². The topological polar surface area (TPSA) is 92.4 Å². The molecule has 0 saturated carbocycles. The molecule has 5 nitrogen and oxygen atoms in total. The SMILES string of the molecule is Nc1ccc(-c2cccs2)cc1NC(=O)c1ccc(/C=C/C(=O)O)cc1. The van der Waals surface area contributed by atoms with Crippen LogP contribution in [0.25, 0.3) is 16.5 Å². The lowest BCUT2D eigenvalue weighted by atomic mass is 10.1. The third-order valence-electron chi connectivity index (χ3n) is 3.70. The molecule has 0 radical (unpaired) electrons. The number of rotatable bonds is 5. The Balaban J connectivity index is 1.77. The van der Waals surface area contributed by atoms with E-state index in [1.54, 1.807) is 41.7 Å². The van der Waals surface area contributed by atoms with Crippen molar-refractivity contribution >= 4 is 40.7 Å². The number of carboxylic acid groups (broad SMARTS) is 1. The van der Waals surface area contributed by atoms with Gasteiger partial charge in [0.2, 0.25) is 0 Å². The summed E-state index contributed by atoms with van der Waals surface area (Å²) in [6.07, 6.45) is 2.51. The van der Waals surface area contributed by atoms with E-state index in [-0.39, 0.29) is 5.91 Å². The van der Waals surface area contributed by atoms with Crippen LogP contribution in [0.1, 0.15) is 15.9 Å². The highest BCUT2D eigenvalue weighted by atomic mass is 32.1. The minimum Gasteiger partial charge on any atom is -0.478 e. The van der Waals surface area contributed by atoms with Crippen molar-refractivity contribution in [3.63, 3.8) is 0 Å². The molecule has 2 aromatic carbocycles. The fraction of sp³-hybridized carbons (Fsp3) is 0. The summed E-state index contributed by atoms with van der Waals surface area (Å²) in [6.45, 7) is 0. The number of nitrogen functional groups attached to an aromatic ring is 1. The van der Waals surface area contributed by atoms with Crippen LogP contribution in [0.3, 0.4) is 0 Å². The number of carbonyl (C=O) groups is 2. The van der Waals surface area contributed by atoms with Crippen LogP contribution in [0, 0.1) is 0 Å². The van der Waals surface area contributed by atoms with Crippen LogP contribution in [-0.2, 0) is 4.79 Å². The number of anilines is 2. The molecule has 0 aliphatic rings. The number of nitrogens with one attached hydrogen (secondary N) is 1. The van der Waals surface area contributed by atoms with Crippen LogP contribution < -0.4 is 11.1 Å². The second kappa shape index (κ2) is 7.67. The minimum absolute atomic E-state index is 0.284. The van der Waals surface area contributed by atoms with E-state index >= 15 is 0 Å². The van der Waals surface area contributed by atoms with Crippen LogP contribution in [0.4, 0.5) is 11.4 Å². The van der Waals surface area contributed by atoms with Crippen molar-refractivity contribution in [3.8, 4) is 10.4 Å². The number of benzene rings is 2. The number of thiophene rings is 1. The molecule has 3 aromatic rings. The van der Waals surface area contributed by atoms with Gasteiger partial charge in [0, 0.05) is 16.5 Å². The monoisotopic (exact) mass is 364 g/mol. The molecular formula is C20H16N2O3S. The summed E-state index contributed by atoms with van der Waals surface area (Å²) < 4.78 is 0. The average molecular weight is 364 g/mol. The lowest BCUT2D eigenvalue weighted by Crippen LogP contribution is -2.13. The molecule has 0 aliphatic carbocycles. The molecule has 6 heteroatoms. The van der Waals surface area contributed by atoms with Gasteiger partial charge in [-0.05, 0) is 52.9 Å². The maximum Gasteiger partial charge on any atom is 0.328 e. The summed E-state index contributed by atoms with van der Waals surface area (Å²) in [7, 11) is 0. The first-order chi connectivity index (χ1) is 12.5. The quantitative estimate of drug-likeness (QED) is 0.464. The molecular weight excluding hydrogens is 348 g/mol. The number of aliphatic carboxylic acids is 1. The molecule has 130 valence electrons. The summed E-state index contributed by atoms with van der Waals surface area (Å²) in [4.78, 5) is 24.1. The molecule has 0 spiro atoms.